The van der Waals surface area contributed by atoms with Gasteiger partial charge in [0.2, 0.25) is 0 Å². The molecule has 0 radical (unpaired) electrons. The number of allylic oxidation sites excluding steroid dienone is 1. The largest absolute Gasteiger partial charge is 0.457 e. The zero-order chi connectivity index (χ0) is 14.1. The van der Waals surface area contributed by atoms with E-state index in [-0.39, 0.29) is 6.08 Å². The van der Waals surface area contributed by atoms with Crippen molar-refractivity contribution in [2.75, 3.05) is 0 Å². The molecule has 0 aliphatic rings. The van der Waals surface area contributed by atoms with Gasteiger partial charge in [-0.2, -0.15) is 22.0 Å². The van der Waals surface area contributed by atoms with Crippen LogP contribution in [-0.4, -0.2) is 12.1 Å². The Hall–Kier alpha value is -1.91. The molecule has 0 saturated carbocycles. The minimum Gasteiger partial charge on any atom is -0.191 e. The summed E-state index contributed by atoms with van der Waals surface area (Å²) < 4.78 is 61.4. The highest BCUT2D eigenvalue weighted by Gasteiger charge is 2.55. The van der Waals surface area contributed by atoms with Crippen molar-refractivity contribution in [3.8, 4) is 0 Å². The first-order valence-corrected chi connectivity index (χ1v) is 5.42. The lowest BCUT2D eigenvalue weighted by Crippen LogP contribution is -2.33. The minimum atomic E-state index is -5.57. The van der Waals surface area contributed by atoms with Crippen LogP contribution in [0.25, 0.3) is 16.8 Å². The summed E-state index contributed by atoms with van der Waals surface area (Å²) in [4.78, 5) is 0. The molecule has 0 aliphatic heterocycles. The maximum absolute atomic E-state index is 12.7. The van der Waals surface area contributed by atoms with Gasteiger partial charge in [-0.3, -0.25) is 0 Å². The molecule has 0 fully saturated rings. The van der Waals surface area contributed by atoms with E-state index in [0.29, 0.717) is 5.56 Å². The van der Waals surface area contributed by atoms with Gasteiger partial charge in [-0.05, 0) is 28.5 Å². The Kier molecular flexibility index (Phi) is 3.30. The second-order valence-corrected chi connectivity index (χ2v) is 4.06. The quantitative estimate of drug-likeness (QED) is 0.671. The number of alkyl halides is 5. The number of fused-ring (bicyclic) bond motifs is 1. The Morgan fingerprint density at radius 1 is 0.789 bits per heavy atom. The maximum Gasteiger partial charge on any atom is 0.457 e. The summed E-state index contributed by atoms with van der Waals surface area (Å²) in [5.74, 6) is -4.82. The molecule has 0 heterocycles. The highest BCUT2D eigenvalue weighted by molar-refractivity contribution is 5.84. The molecule has 0 unspecified atom stereocenters. The van der Waals surface area contributed by atoms with Crippen molar-refractivity contribution in [3.63, 3.8) is 0 Å². The van der Waals surface area contributed by atoms with E-state index in [1.807, 2.05) is 12.1 Å². The Morgan fingerprint density at radius 3 is 2.05 bits per heavy atom. The van der Waals surface area contributed by atoms with Gasteiger partial charge in [0, 0.05) is 0 Å². The van der Waals surface area contributed by atoms with E-state index >= 15 is 0 Å². The number of benzene rings is 2. The summed E-state index contributed by atoms with van der Waals surface area (Å²) in [5, 5.41) is 1.67. The lowest BCUT2D eigenvalue weighted by molar-refractivity contribution is -0.258. The number of halogens is 5. The van der Waals surface area contributed by atoms with Gasteiger partial charge in [0.05, 0.1) is 0 Å². The van der Waals surface area contributed by atoms with E-state index in [1.165, 1.54) is 6.07 Å². The minimum absolute atomic E-state index is 0.128. The third-order valence-corrected chi connectivity index (χ3v) is 2.64. The van der Waals surface area contributed by atoms with E-state index in [2.05, 4.69) is 0 Å². The monoisotopic (exact) mass is 272 g/mol. The summed E-state index contributed by atoms with van der Waals surface area (Å²) >= 11 is 0. The molecule has 0 nitrogen and oxygen atoms in total. The molecule has 100 valence electrons. The first kappa shape index (κ1) is 13.5. The van der Waals surface area contributed by atoms with Crippen molar-refractivity contribution in [2.24, 2.45) is 0 Å². The number of hydrogen-bond acceptors (Lipinski definition) is 0. The fraction of sp³-hybridized carbons (Fsp3) is 0.143. The van der Waals surface area contributed by atoms with Crippen LogP contribution in [0.15, 0.2) is 48.5 Å². The molecule has 0 aliphatic carbocycles. The van der Waals surface area contributed by atoms with E-state index in [9.17, 15) is 22.0 Å². The maximum atomic E-state index is 12.7. The lowest BCUT2D eigenvalue weighted by Gasteiger charge is -2.15. The fourth-order valence-corrected chi connectivity index (χ4v) is 1.61. The van der Waals surface area contributed by atoms with Crippen LogP contribution in [-0.2, 0) is 0 Å². The number of rotatable bonds is 2. The van der Waals surface area contributed by atoms with E-state index < -0.39 is 12.1 Å². The molecular weight excluding hydrogens is 263 g/mol. The van der Waals surface area contributed by atoms with Crippen molar-refractivity contribution in [1.82, 2.24) is 0 Å². The molecule has 0 aromatic heterocycles. The summed E-state index contributed by atoms with van der Waals surface area (Å²) in [6.07, 6.45) is -4.92. The lowest BCUT2D eigenvalue weighted by atomic mass is 10.1. The van der Waals surface area contributed by atoms with Crippen LogP contribution >= 0.6 is 0 Å². The predicted molar refractivity (Wildman–Crippen MR) is 64.0 cm³/mol. The predicted octanol–water partition coefficient (Wildman–Crippen LogP) is 5.05. The number of hydrogen-bond donors (Lipinski definition) is 0. The molecule has 0 N–H and O–H groups in total. The van der Waals surface area contributed by atoms with Gasteiger partial charge < -0.3 is 0 Å². The first-order valence-electron chi connectivity index (χ1n) is 5.42. The van der Waals surface area contributed by atoms with Crippen LogP contribution < -0.4 is 0 Å². The van der Waals surface area contributed by atoms with Crippen molar-refractivity contribution in [2.45, 2.75) is 12.1 Å². The van der Waals surface area contributed by atoms with Gasteiger partial charge in [-0.25, -0.2) is 0 Å². The van der Waals surface area contributed by atoms with Crippen molar-refractivity contribution in [3.05, 3.63) is 54.1 Å². The van der Waals surface area contributed by atoms with Crippen molar-refractivity contribution < 1.29 is 22.0 Å². The Bertz CT molecular complexity index is 611. The highest BCUT2D eigenvalue weighted by Crippen LogP contribution is 2.36. The molecular formula is C14H9F5. The smallest absolute Gasteiger partial charge is 0.191 e. The molecule has 2 aromatic rings. The highest BCUT2D eigenvalue weighted by atomic mass is 19.4. The van der Waals surface area contributed by atoms with E-state index in [1.54, 1.807) is 24.3 Å². The van der Waals surface area contributed by atoms with E-state index in [4.69, 9.17) is 0 Å². The Morgan fingerprint density at radius 2 is 1.42 bits per heavy atom. The zero-order valence-electron chi connectivity index (χ0n) is 9.59. The second kappa shape index (κ2) is 4.64. The SMILES string of the molecule is FC(F)(F)C(F)(F)/C=C/c1ccc2ccccc2c1. The van der Waals surface area contributed by atoms with Crippen LogP contribution in [0.5, 0.6) is 0 Å². The van der Waals surface area contributed by atoms with Crippen molar-refractivity contribution in [1.29, 1.82) is 0 Å². The van der Waals surface area contributed by atoms with Crippen LogP contribution in [0.2, 0.25) is 0 Å². The van der Waals surface area contributed by atoms with Crippen LogP contribution in [0.1, 0.15) is 5.56 Å². The van der Waals surface area contributed by atoms with Crippen LogP contribution in [0.3, 0.4) is 0 Å². The fourth-order valence-electron chi connectivity index (χ4n) is 1.61. The average Bonchev–Trinajstić information content (AvgIpc) is 2.35. The Labute approximate surface area is 106 Å². The van der Waals surface area contributed by atoms with Gasteiger partial charge in [0.15, 0.2) is 0 Å². The zero-order valence-corrected chi connectivity index (χ0v) is 9.59. The third kappa shape index (κ3) is 2.92. The molecule has 0 atom stereocenters. The van der Waals surface area contributed by atoms with Gasteiger partial charge in [0.1, 0.15) is 0 Å². The molecule has 5 heteroatoms. The van der Waals surface area contributed by atoms with Crippen LogP contribution in [0.4, 0.5) is 22.0 Å². The summed E-state index contributed by atoms with van der Waals surface area (Å²) in [7, 11) is 0. The van der Waals surface area contributed by atoms with Gasteiger partial charge >= 0.3 is 12.1 Å². The summed E-state index contributed by atoms with van der Waals surface area (Å²) in [5.41, 5.74) is 0.294. The van der Waals surface area contributed by atoms with Gasteiger partial charge in [-0.15, -0.1) is 0 Å². The standard InChI is InChI=1S/C14H9F5/c15-13(16,14(17,18)19)8-7-10-5-6-11-3-1-2-4-12(11)9-10/h1-9H/b8-7+. The molecule has 0 amide bonds. The molecule has 2 aromatic carbocycles. The van der Waals surface area contributed by atoms with Crippen molar-refractivity contribution >= 4 is 16.8 Å². The Balaban J connectivity index is 2.31. The molecule has 19 heavy (non-hydrogen) atoms. The van der Waals surface area contributed by atoms with Gasteiger partial charge in [-0.1, -0.05) is 42.5 Å². The summed E-state index contributed by atoms with van der Waals surface area (Å²) in [6.45, 7) is 0. The molecule has 0 saturated heterocycles. The topological polar surface area (TPSA) is 0 Å². The summed E-state index contributed by atoms with van der Waals surface area (Å²) in [6, 6.07) is 11.9. The average molecular weight is 272 g/mol. The third-order valence-electron chi connectivity index (χ3n) is 2.64. The van der Waals surface area contributed by atoms with E-state index in [0.717, 1.165) is 16.8 Å². The second-order valence-electron chi connectivity index (χ2n) is 4.06. The normalized spacial score (nSPS) is 13.3. The molecule has 0 spiro atoms. The van der Waals surface area contributed by atoms with Gasteiger partial charge in [0.25, 0.3) is 0 Å². The van der Waals surface area contributed by atoms with Crippen LogP contribution in [0, 0.1) is 0 Å². The molecule has 2 rings (SSSR count). The first-order chi connectivity index (χ1) is 8.79. The molecule has 0 bridgehead atoms.